The number of aliphatic hydroxyl groups is 7. The standard InChI is InChI=1S/C22H37N2O22P/c25-6-9-15(35)17(37)18(38)21(43-9)45-22(19(39)16(36)10(7-26)44-22)20(46-47(40,41)42)8(24(4-13(31)32)5-14(33)34)1-23(2-11(27)28)3-12(29)30/h8-10,15-21,25-26,35-39H,1-7H2,(H,27,28)(H,29,30)(H,31,32)(H,33,34)(H2,40,41,42)/t8?,9-,10-,15-,16-,17+,18-,19+,20?,21-,22-/m1/s1. The molecular weight excluding hydrogens is 675 g/mol. The van der Waals surface area contributed by atoms with Crippen LogP contribution in [0.2, 0.25) is 0 Å². The van der Waals surface area contributed by atoms with Gasteiger partial charge in [0.1, 0.15) is 48.8 Å². The number of hydrogen-bond donors (Lipinski definition) is 13. The number of aliphatic carboxylic acids is 4. The molecule has 2 rings (SSSR count). The van der Waals surface area contributed by atoms with E-state index >= 15 is 0 Å². The Hall–Kier alpha value is -2.49. The number of hydrogen-bond acceptors (Lipinski definition) is 18. The molecule has 25 heteroatoms. The van der Waals surface area contributed by atoms with Crippen molar-refractivity contribution in [1.29, 1.82) is 0 Å². The molecule has 11 atom stereocenters. The highest BCUT2D eigenvalue weighted by molar-refractivity contribution is 7.46. The van der Waals surface area contributed by atoms with E-state index in [1.807, 2.05) is 0 Å². The van der Waals surface area contributed by atoms with E-state index in [0.29, 0.717) is 9.80 Å². The van der Waals surface area contributed by atoms with Crippen molar-refractivity contribution in [2.24, 2.45) is 0 Å². The molecule has 2 aliphatic heterocycles. The molecule has 2 heterocycles. The van der Waals surface area contributed by atoms with Gasteiger partial charge in [0, 0.05) is 6.54 Å². The summed E-state index contributed by atoms with van der Waals surface area (Å²) in [5, 5.41) is 110. The number of ether oxygens (including phenoxy) is 3. The van der Waals surface area contributed by atoms with Crippen molar-refractivity contribution in [2.45, 2.75) is 67.0 Å². The topological polar surface area (TPSA) is 392 Å². The van der Waals surface area contributed by atoms with E-state index in [2.05, 4.69) is 0 Å². The van der Waals surface area contributed by atoms with E-state index in [9.17, 15) is 89.7 Å². The summed E-state index contributed by atoms with van der Waals surface area (Å²) in [4.78, 5) is 67.5. The third-order valence-electron chi connectivity index (χ3n) is 7.09. The Morgan fingerprint density at radius 3 is 1.64 bits per heavy atom. The molecule has 272 valence electrons. The van der Waals surface area contributed by atoms with Crippen LogP contribution in [0.3, 0.4) is 0 Å². The van der Waals surface area contributed by atoms with Gasteiger partial charge in [0.05, 0.1) is 45.4 Å². The summed E-state index contributed by atoms with van der Waals surface area (Å²) in [5.74, 6) is -10.4. The predicted octanol–water partition coefficient (Wildman–Crippen LogP) is -7.60. The number of nitrogens with zero attached hydrogens (tertiary/aromatic N) is 2. The summed E-state index contributed by atoms with van der Waals surface area (Å²) in [6.07, 6.45) is -20.4. The second kappa shape index (κ2) is 16.8. The van der Waals surface area contributed by atoms with Crippen molar-refractivity contribution >= 4 is 31.7 Å². The Balaban J connectivity index is 2.92. The third kappa shape index (κ3) is 10.5. The summed E-state index contributed by atoms with van der Waals surface area (Å²) in [5.41, 5.74) is 0. The van der Waals surface area contributed by atoms with Crippen LogP contribution in [0.25, 0.3) is 0 Å². The first kappa shape index (κ1) is 40.7. The number of carboxylic acid groups (broad SMARTS) is 4. The Bertz CT molecular complexity index is 1120. The summed E-state index contributed by atoms with van der Waals surface area (Å²) < 4.78 is 33.5. The monoisotopic (exact) mass is 712 g/mol. The Morgan fingerprint density at radius 2 is 1.23 bits per heavy atom. The zero-order chi connectivity index (χ0) is 36.0. The van der Waals surface area contributed by atoms with Crippen molar-refractivity contribution in [3.63, 3.8) is 0 Å². The van der Waals surface area contributed by atoms with E-state index in [0.717, 1.165) is 0 Å². The van der Waals surface area contributed by atoms with E-state index < -0.39 is 145 Å². The Kier molecular flexibility index (Phi) is 14.5. The second-order valence-electron chi connectivity index (χ2n) is 10.5. The zero-order valence-electron chi connectivity index (χ0n) is 24.1. The quantitative estimate of drug-likeness (QED) is 0.0553. The first-order valence-corrected chi connectivity index (χ1v) is 14.9. The van der Waals surface area contributed by atoms with Gasteiger partial charge in [-0.05, 0) is 0 Å². The van der Waals surface area contributed by atoms with Gasteiger partial charge >= 0.3 is 31.7 Å². The van der Waals surface area contributed by atoms with Gasteiger partial charge < -0.3 is 80.2 Å². The molecule has 0 radical (unpaired) electrons. The maximum atomic E-state index is 12.4. The number of phosphoric ester groups is 1. The molecule has 0 aromatic heterocycles. The number of carboxylic acids is 4. The van der Waals surface area contributed by atoms with Crippen LogP contribution in [0.4, 0.5) is 0 Å². The molecule has 24 nitrogen and oxygen atoms in total. The molecule has 47 heavy (non-hydrogen) atoms. The van der Waals surface area contributed by atoms with Gasteiger partial charge in [0.2, 0.25) is 5.79 Å². The summed E-state index contributed by atoms with van der Waals surface area (Å²) in [6.45, 7) is -8.48. The van der Waals surface area contributed by atoms with Gasteiger partial charge in [0.15, 0.2) is 6.29 Å². The van der Waals surface area contributed by atoms with Crippen LogP contribution in [-0.2, 0) is 42.5 Å². The molecular formula is C22H37N2O22P. The lowest BCUT2D eigenvalue weighted by Crippen LogP contribution is -2.69. The van der Waals surface area contributed by atoms with Crippen LogP contribution in [0.5, 0.6) is 0 Å². The molecule has 2 fully saturated rings. The van der Waals surface area contributed by atoms with Crippen molar-refractivity contribution in [3.05, 3.63) is 0 Å². The molecule has 0 aliphatic carbocycles. The Morgan fingerprint density at radius 1 is 0.745 bits per heavy atom. The summed E-state index contributed by atoms with van der Waals surface area (Å²) in [6, 6.07) is -2.31. The fraction of sp³-hybridized carbons (Fsp3) is 0.818. The van der Waals surface area contributed by atoms with Crippen LogP contribution < -0.4 is 0 Å². The lowest BCUT2D eigenvalue weighted by atomic mass is 9.92. The molecule has 2 unspecified atom stereocenters. The average Bonchev–Trinajstić information content (AvgIpc) is 3.18. The molecule has 0 spiro atoms. The van der Waals surface area contributed by atoms with Gasteiger partial charge in [-0.1, -0.05) is 0 Å². The first-order valence-electron chi connectivity index (χ1n) is 13.4. The van der Waals surface area contributed by atoms with Gasteiger partial charge in [-0.2, -0.15) is 0 Å². The number of aliphatic hydroxyl groups excluding tert-OH is 7. The maximum Gasteiger partial charge on any atom is 0.470 e. The lowest BCUT2D eigenvalue weighted by Gasteiger charge is -2.49. The number of carbonyl (C=O) groups is 4. The Labute approximate surface area is 263 Å². The largest absolute Gasteiger partial charge is 0.480 e. The molecule has 2 aliphatic rings. The van der Waals surface area contributed by atoms with Gasteiger partial charge in [0.25, 0.3) is 0 Å². The van der Waals surface area contributed by atoms with Crippen LogP contribution >= 0.6 is 7.82 Å². The van der Waals surface area contributed by atoms with Gasteiger partial charge in [-0.3, -0.25) is 33.5 Å². The minimum atomic E-state index is -5.98. The van der Waals surface area contributed by atoms with E-state index in [-0.39, 0.29) is 0 Å². The van der Waals surface area contributed by atoms with Crippen LogP contribution in [0, 0.1) is 0 Å². The van der Waals surface area contributed by atoms with Crippen molar-refractivity contribution in [1.82, 2.24) is 9.80 Å². The predicted molar refractivity (Wildman–Crippen MR) is 141 cm³/mol. The normalized spacial score (nSPS) is 32.7. The van der Waals surface area contributed by atoms with Crippen LogP contribution in [0.1, 0.15) is 0 Å². The SMILES string of the molecule is O=C(O)CN(CC(=O)O)CC(C(OP(=O)(O)O)[C@@]1(O[C@H]2O[C@H](CO)[C@@H](O)[C@H](O)[C@H]2O)O[C@H](CO)[C@@H](O)[C@@H]1O)N(CC(=O)O)CC(=O)O. The smallest absolute Gasteiger partial charge is 0.470 e. The molecule has 0 saturated carbocycles. The summed E-state index contributed by atoms with van der Waals surface area (Å²) in [7, 11) is -5.98. The maximum absolute atomic E-state index is 12.4. The highest BCUT2D eigenvalue weighted by Crippen LogP contribution is 2.48. The lowest BCUT2D eigenvalue weighted by molar-refractivity contribution is -0.397. The number of rotatable bonds is 19. The van der Waals surface area contributed by atoms with Gasteiger partial charge in [-0.15, -0.1) is 0 Å². The number of phosphoric acid groups is 1. The van der Waals surface area contributed by atoms with Crippen molar-refractivity contribution < 1.29 is 108 Å². The second-order valence-corrected chi connectivity index (χ2v) is 11.7. The molecule has 2 saturated heterocycles. The molecule has 13 N–H and O–H groups in total. The fourth-order valence-electron chi connectivity index (χ4n) is 5.14. The highest BCUT2D eigenvalue weighted by atomic mass is 31.2. The third-order valence-corrected chi connectivity index (χ3v) is 7.59. The molecule has 0 aromatic rings. The van der Waals surface area contributed by atoms with E-state index in [4.69, 9.17) is 18.7 Å². The van der Waals surface area contributed by atoms with Gasteiger partial charge in [-0.25, -0.2) is 4.57 Å². The molecule has 0 bridgehead atoms. The fourth-order valence-corrected chi connectivity index (χ4v) is 5.72. The van der Waals surface area contributed by atoms with Crippen molar-refractivity contribution in [2.75, 3.05) is 45.9 Å². The van der Waals surface area contributed by atoms with Crippen molar-refractivity contribution in [3.8, 4) is 0 Å². The minimum Gasteiger partial charge on any atom is -0.480 e. The average molecular weight is 713 g/mol. The summed E-state index contributed by atoms with van der Waals surface area (Å²) >= 11 is 0. The van der Waals surface area contributed by atoms with E-state index in [1.165, 1.54) is 0 Å². The molecule has 0 aromatic carbocycles. The van der Waals surface area contributed by atoms with Crippen LogP contribution in [-0.4, -0.2) is 213 Å². The highest BCUT2D eigenvalue weighted by Gasteiger charge is 2.66. The van der Waals surface area contributed by atoms with Crippen LogP contribution in [0.15, 0.2) is 0 Å². The zero-order valence-corrected chi connectivity index (χ0v) is 24.9. The first-order chi connectivity index (χ1) is 21.7. The minimum absolute atomic E-state index is 0.370. The van der Waals surface area contributed by atoms with E-state index in [1.54, 1.807) is 0 Å². The molecule has 0 amide bonds.